The van der Waals surface area contributed by atoms with E-state index in [0.717, 1.165) is 0 Å². The van der Waals surface area contributed by atoms with Crippen LogP contribution in [0.5, 0.6) is 0 Å². The van der Waals surface area contributed by atoms with Crippen LogP contribution in [-0.2, 0) is 4.74 Å². The van der Waals surface area contributed by atoms with Crippen LogP contribution < -0.4 is 0 Å². The van der Waals surface area contributed by atoms with Crippen molar-refractivity contribution in [3.8, 4) is 0 Å². The minimum absolute atomic E-state index is 0.490. The number of ether oxygens (including phenoxy) is 1. The van der Waals surface area contributed by atoms with E-state index in [9.17, 15) is 0 Å². The van der Waals surface area contributed by atoms with Gasteiger partial charge in [-0.25, -0.2) is 0 Å². The van der Waals surface area contributed by atoms with Crippen molar-refractivity contribution in [3.63, 3.8) is 0 Å². The van der Waals surface area contributed by atoms with Gasteiger partial charge in [0.25, 0.3) is 0 Å². The molecule has 1 radical (unpaired) electrons. The Labute approximate surface area is 42.6 Å². The molecule has 0 aromatic rings. The van der Waals surface area contributed by atoms with Gasteiger partial charge in [-0.05, 0) is 6.08 Å². The van der Waals surface area contributed by atoms with E-state index in [2.05, 4.69) is 11.8 Å². The third-order valence-electron chi connectivity index (χ3n) is 0.303. The quantitative estimate of drug-likeness (QED) is 0.518. The molecule has 0 rings (SSSR count). The molecule has 0 unspecified atom stereocenters. The van der Waals surface area contributed by atoms with E-state index in [1.54, 1.807) is 6.08 Å². The van der Waals surface area contributed by atoms with Gasteiger partial charge >= 0.3 is 0 Å². The maximum Gasteiger partial charge on any atom is 0.0704 e. The van der Waals surface area contributed by atoms with Crippen molar-refractivity contribution in [3.05, 3.63) is 18.7 Å². The second-order valence-electron chi connectivity index (χ2n) is 0.732. The van der Waals surface area contributed by atoms with E-state index in [4.69, 9.17) is 11.6 Å². The summed E-state index contributed by atoms with van der Waals surface area (Å²) in [4.78, 5) is 0. The smallest absolute Gasteiger partial charge is 0.0704 e. The molecule has 35 valence electrons. The van der Waals surface area contributed by atoms with Crippen molar-refractivity contribution < 1.29 is 4.74 Å². The van der Waals surface area contributed by atoms with Gasteiger partial charge in [0.05, 0.1) is 13.7 Å². The molecule has 0 aliphatic heterocycles. The largest absolute Gasteiger partial charge is 0.375 e. The molecule has 1 nitrogen and oxygen atoms in total. The molecule has 6 heavy (non-hydrogen) atoms. The van der Waals surface area contributed by atoms with Gasteiger partial charge in [0.2, 0.25) is 0 Å². The van der Waals surface area contributed by atoms with Crippen molar-refractivity contribution in [2.75, 3.05) is 6.61 Å². The fraction of sp³-hybridized carbons (Fsp3) is 0.250. The third kappa shape index (κ3) is 3.99. The fourth-order valence-corrected chi connectivity index (χ4v) is 0.177. The number of halogens is 1. The first-order valence-corrected chi connectivity index (χ1v) is 1.97. The molecule has 0 aliphatic rings. The van der Waals surface area contributed by atoms with Crippen LogP contribution in [0.1, 0.15) is 0 Å². The third-order valence-corrected chi connectivity index (χ3v) is 0.481. The average Bonchev–Trinajstić information content (AvgIpc) is 1.61. The molecule has 0 bridgehead atoms. The fourth-order valence-electron chi connectivity index (χ4n) is 0.104. The van der Waals surface area contributed by atoms with E-state index < -0.39 is 0 Å². The topological polar surface area (TPSA) is 9.23 Å². The zero-order valence-corrected chi connectivity index (χ0v) is 4.11. The Kier molecular flexibility index (Phi) is 4.98. The van der Waals surface area contributed by atoms with Gasteiger partial charge in [-0.2, -0.15) is 0 Å². The summed E-state index contributed by atoms with van der Waals surface area (Å²) >= 11 is 5.09. The standard InChI is InChI=1S/C4H6ClO/c1-6-4-2-3-5/h2-3H,1,4H2/b3-2-. The number of hydrogen-bond donors (Lipinski definition) is 0. The molecule has 0 saturated heterocycles. The summed E-state index contributed by atoms with van der Waals surface area (Å²) in [6.45, 7) is 0.490. The number of hydrogen-bond acceptors (Lipinski definition) is 1. The molecule has 0 atom stereocenters. The molecule has 0 N–H and O–H groups in total. The average molecular weight is 106 g/mol. The number of rotatable bonds is 2. The summed E-state index contributed by atoms with van der Waals surface area (Å²) in [6, 6.07) is 0. The minimum Gasteiger partial charge on any atom is -0.375 e. The molecular weight excluding hydrogens is 99.5 g/mol. The van der Waals surface area contributed by atoms with Crippen LogP contribution in [0.15, 0.2) is 11.6 Å². The normalized spacial score (nSPS) is 10.3. The van der Waals surface area contributed by atoms with Crippen LogP contribution in [0, 0.1) is 7.11 Å². The van der Waals surface area contributed by atoms with Gasteiger partial charge in [-0.15, -0.1) is 0 Å². The lowest BCUT2D eigenvalue weighted by molar-refractivity contribution is 0.282. The highest BCUT2D eigenvalue weighted by molar-refractivity contribution is 6.25. The van der Waals surface area contributed by atoms with Crippen molar-refractivity contribution in [2.45, 2.75) is 0 Å². The highest BCUT2D eigenvalue weighted by Gasteiger charge is 1.63. The van der Waals surface area contributed by atoms with E-state index in [-0.39, 0.29) is 0 Å². The Balaban J connectivity index is 2.66. The lowest BCUT2D eigenvalue weighted by Gasteiger charge is -1.80. The van der Waals surface area contributed by atoms with Gasteiger partial charge < -0.3 is 4.74 Å². The van der Waals surface area contributed by atoms with Crippen LogP contribution in [-0.4, -0.2) is 6.61 Å². The van der Waals surface area contributed by atoms with Crippen molar-refractivity contribution in [1.82, 2.24) is 0 Å². The van der Waals surface area contributed by atoms with Gasteiger partial charge in [0.1, 0.15) is 0 Å². The Hall–Kier alpha value is -0.0100. The van der Waals surface area contributed by atoms with Crippen LogP contribution in [0.4, 0.5) is 0 Å². The zero-order chi connectivity index (χ0) is 4.83. The SMILES string of the molecule is [CH2]OC/C=C\Cl. The first-order valence-electron chi connectivity index (χ1n) is 1.54. The molecule has 0 aliphatic carbocycles. The van der Waals surface area contributed by atoms with Gasteiger partial charge in [0, 0.05) is 5.54 Å². The van der Waals surface area contributed by atoms with Gasteiger partial charge in [0.15, 0.2) is 0 Å². The highest BCUT2D eigenvalue weighted by Crippen LogP contribution is 1.76. The van der Waals surface area contributed by atoms with E-state index in [0.29, 0.717) is 6.61 Å². The van der Waals surface area contributed by atoms with Gasteiger partial charge in [-0.3, -0.25) is 0 Å². The molecular formula is C4H6ClO. The predicted molar refractivity (Wildman–Crippen MR) is 26.3 cm³/mol. The minimum atomic E-state index is 0.490. The summed E-state index contributed by atoms with van der Waals surface area (Å²) in [6.07, 6.45) is 1.66. The molecule has 0 heterocycles. The maximum absolute atomic E-state index is 5.09. The summed E-state index contributed by atoms with van der Waals surface area (Å²) in [5.74, 6) is 0. The highest BCUT2D eigenvalue weighted by atomic mass is 35.5. The molecule has 0 saturated carbocycles. The van der Waals surface area contributed by atoms with Crippen LogP contribution >= 0.6 is 11.6 Å². The van der Waals surface area contributed by atoms with Crippen LogP contribution in [0.25, 0.3) is 0 Å². The summed E-state index contributed by atoms with van der Waals surface area (Å²) in [7, 11) is 3.11. The van der Waals surface area contributed by atoms with Crippen molar-refractivity contribution >= 4 is 11.6 Å². The van der Waals surface area contributed by atoms with Crippen LogP contribution in [0.3, 0.4) is 0 Å². The second kappa shape index (κ2) is 4.99. The Bertz CT molecular complexity index is 42.8. The Morgan fingerprint density at radius 3 is 2.67 bits per heavy atom. The predicted octanol–water partition coefficient (Wildman–Crippen LogP) is 1.55. The Morgan fingerprint density at radius 1 is 1.83 bits per heavy atom. The molecule has 2 heteroatoms. The van der Waals surface area contributed by atoms with Crippen molar-refractivity contribution in [1.29, 1.82) is 0 Å². The second-order valence-corrected chi connectivity index (χ2v) is 0.984. The molecule has 0 amide bonds. The van der Waals surface area contributed by atoms with E-state index >= 15 is 0 Å². The first kappa shape index (κ1) is 5.99. The monoisotopic (exact) mass is 105 g/mol. The van der Waals surface area contributed by atoms with E-state index in [1.807, 2.05) is 0 Å². The molecule has 0 spiro atoms. The molecule has 0 fully saturated rings. The maximum atomic E-state index is 5.09. The lowest BCUT2D eigenvalue weighted by Crippen LogP contribution is -1.74. The summed E-state index contributed by atoms with van der Waals surface area (Å²) < 4.78 is 4.36. The molecule has 0 aromatic carbocycles. The van der Waals surface area contributed by atoms with Crippen LogP contribution in [0.2, 0.25) is 0 Å². The molecule has 0 aromatic heterocycles. The Morgan fingerprint density at radius 2 is 2.50 bits per heavy atom. The van der Waals surface area contributed by atoms with E-state index in [1.165, 1.54) is 5.54 Å². The van der Waals surface area contributed by atoms with Gasteiger partial charge in [-0.1, -0.05) is 11.6 Å². The summed E-state index contributed by atoms with van der Waals surface area (Å²) in [5.41, 5.74) is 1.39. The zero-order valence-electron chi connectivity index (χ0n) is 3.36. The first-order chi connectivity index (χ1) is 2.91. The lowest BCUT2D eigenvalue weighted by atomic mass is 10.7. The van der Waals surface area contributed by atoms with Crippen molar-refractivity contribution in [2.24, 2.45) is 0 Å². The summed E-state index contributed by atoms with van der Waals surface area (Å²) in [5, 5.41) is 0.